The number of benzene rings is 1. The predicted molar refractivity (Wildman–Crippen MR) is 91.3 cm³/mol. The second-order valence-corrected chi connectivity index (χ2v) is 5.93. The molecule has 0 saturated heterocycles. The quantitative estimate of drug-likeness (QED) is 0.668. The molecule has 0 spiro atoms. The molecule has 0 fully saturated rings. The first-order valence-electron chi connectivity index (χ1n) is 7.59. The maximum absolute atomic E-state index is 13.0. The highest BCUT2D eigenvalue weighted by molar-refractivity contribution is 6.31. The Morgan fingerprint density at radius 3 is 2.88 bits per heavy atom. The lowest BCUT2D eigenvalue weighted by molar-refractivity contribution is 0.0637. The molecule has 6 heteroatoms. The number of aryl methyl sites for hydroxylation is 1. The molecule has 1 aromatic carbocycles. The van der Waals surface area contributed by atoms with Crippen molar-refractivity contribution in [3.63, 3.8) is 0 Å². The molecule has 1 amide bonds. The normalized spacial score (nSPS) is 11.1. The lowest BCUT2D eigenvalue weighted by atomic mass is 10.1. The summed E-state index contributed by atoms with van der Waals surface area (Å²) in [5.41, 5.74) is 1.42. The lowest BCUT2D eigenvalue weighted by Crippen LogP contribution is -2.33. The van der Waals surface area contributed by atoms with E-state index >= 15 is 0 Å². The Morgan fingerprint density at radius 1 is 1.33 bits per heavy atom. The summed E-state index contributed by atoms with van der Waals surface area (Å²) < 4.78 is 16.2. The Bertz CT molecular complexity index is 838. The number of ether oxygens (including phenoxy) is 1. The minimum atomic E-state index is -0.201. The maximum atomic E-state index is 13.0. The smallest absolute Gasteiger partial charge is 0.290 e. The highest BCUT2D eigenvalue weighted by Gasteiger charge is 2.24. The Balaban J connectivity index is 1.92. The van der Waals surface area contributed by atoms with E-state index in [-0.39, 0.29) is 5.91 Å². The molecule has 126 valence electrons. The van der Waals surface area contributed by atoms with Crippen LogP contribution < -0.4 is 0 Å². The summed E-state index contributed by atoms with van der Waals surface area (Å²) in [5.74, 6) is 0.819. The van der Waals surface area contributed by atoms with Crippen LogP contribution in [0.5, 0.6) is 0 Å². The molecule has 0 unspecified atom stereocenters. The van der Waals surface area contributed by atoms with Gasteiger partial charge in [0.2, 0.25) is 0 Å². The minimum absolute atomic E-state index is 0.201. The number of rotatable bonds is 6. The van der Waals surface area contributed by atoms with E-state index in [0.29, 0.717) is 41.8 Å². The van der Waals surface area contributed by atoms with Crippen molar-refractivity contribution < 1.29 is 18.4 Å². The number of amides is 1. The van der Waals surface area contributed by atoms with E-state index in [9.17, 15) is 4.79 Å². The number of nitrogens with zero attached hydrogens (tertiary/aromatic N) is 1. The molecule has 0 radical (unpaired) electrons. The number of fused-ring (bicyclic) bond motifs is 1. The number of carbonyl (C=O) groups is 1. The van der Waals surface area contributed by atoms with E-state index in [4.69, 9.17) is 25.2 Å². The minimum Gasteiger partial charge on any atom is -0.467 e. The van der Waals surface area contributed by atoms with E-state index in [1.165, 1.54) is 0 Å². The summed E-state index contributed by atoms with van der Waals surface area (Å²) in [6.45, 7) is 3.08. The fourth-order valence-electron chi connectivity index (χ4n) is 2.59. The average Bonchev–Trinajstić information content (AvgIpc) is 3.19. The van der Waals surface area contributed by atoms with Crippen molar-refractivity contribution in [3.05, 3.63) is 58.7 Å². The van der Waals surface area contributed by atoms with Gasteiger partial charge in [-0.25, -0.2) is 0 Å². The van der Waals surface area contributed by atoms with E-state index in [1.54, 1.807) is 42.5 Å². The zero-order chi connectivity index (χ0) is 17.1. The summed E-state index contributed by atoms with van der Waals surface area (Å²) in [4.78, 5) is 14.6. The monoisotopic (exact) mass is 347 g/mol. The molecule has 5 nitrogen and oxygen atoms in total. The van der Waals surface area contributed by atoms with Crippen molar-refractivity contribution >= 4 is 28.5 Å². The van der Waals surface area contributed by atoms with E-state index < -0.39 is 0 Å². The number of furan rings is 2. The summed E-state index contributed by atoms with van der Waals surface area (Å²) in [5, 5.41) is 1.45. The predicted octanol–water partition coefficient (Wildman–Crippen LogP) is 4.28. The number of halogens is 1. The Kier molecular flexibility index (Phi) is 4.92. The van der Waals surface area contributed by atoms with Crippen LogP contribution in [0.4, 0.5) is 0 Å². The molecule has 3 rings (SSSR count). The van der Waals surface area contributed by atoms with Gasteiger partial charge < -0.3 is 18.5 Å². The molecule has 24 heavy (non-hydrogen) atoms. The van der Waals surface area contributed by atoms with E-state index in [1.807, 2.05) is 13.0 Å². The van der Waals surface area contributed by atoms with E-state index in [2.05, 4.69) is 0 Å². The van der Waals surface area contributed by atoms with Crippen LogP contribution in [0.25, 0.3) is 11.0 Å². The van der Waals surface area contributed by atoms with Gasteiger partial charge >= 0.3 is 0 Å². The van der Waals surface area contributed by atoms with Crippen LogP contribution in [-0.2, 0) is 11.3 Å². The molecule has 2 heterocycles. The molecule has 2 aromatic heterocycles. The van der Waals surface area contributed by atoms with Crippen LogP contribution in [0.15, 0.2) is 45.4 Å². The molecular formula is C18H18ClNO4. The topological polar surface area (TPSA) is 55.8 Å². The van der Waals surface area contributed by atoms with Gasteiger partial charge in [0.15, 0.2) is 5.76 Å². The molecule has 0 aliphatic rings. The van der Waals surface area contributed by atoms with Gasteiger partial charge in [-0.15, -0.1) is 0 Å². The van der Waals surface area contributed by atoms with Crippen molar-refractivity contribution in [1.82, 2.24) is 4.90 Å². The molecule has 0 aliphatic heterocycles. The van der Waals surface area contributed by atoms with Crippen LogP contribution in [0.3, 0.4) is 0 Å². The summed E-state index contributed by atoms with van der Waals surface area (Å²) in [6, 6.07) is 8.94. The number of methoxy groups -OCH3 is 1. The Hall–Kier alpha value is -2.24. The third-order valence-corrected chi connectivity index (χ3v) is 4.11. The number of carbonyl (C=O) groups excluding carboxylic acids is 1. The first kappa shape index (κ1) is 16.6. The van der Waals surface area contributed by atoms with Crippen molar-refractivity contribution in [2.24, 2.45) is 0 Å². The Morgan fingerprint density at radius 2 is 2.17 bits per heavy atom. The van der Waals surface area contributed by atoms with Crippen LogP contribution in [0, 0.1) is 6.92 Å². The number of hydrogen-bond donors (Lipinski definition) is 0. The molecule has 3 aromatic rings. The standard InChI is InChI=1S/C18H18ClNO4/c1-12-15-10-13(19)5-6-16(15)24-17(12)18(21)20(7-9-22-2)11-14-4-3-8-23-14/h3-6,8,10H,7,9,11H2,1-2H3. The van der Waals surface area contributed by atoms with Gasteiger partial charge in [-0.2, -0.15) is 0 Å². The second kappa shape index (κ2) is 7.11. The first-order chi connectivity index (χ1) is 11.6. The SMILES string of the molecule is COCCN(Cc1ccco1)C(=O)c1oc2ccc(Cl)cc2c1C. The van der Waals surface area contributed by atoms with Gasteiger partial charge in [-0.1, -0.05) is 11.6 Å². The van der Waals surface area contributed by atoms with Crippen molar-refractivity contribution in [3.8, 4) is 0 Å². The third kappa shape index (κ3) is 3.32. The van der Waals surface area contributed by atoms with E-state index in [0.717, 1.165) is 10.9 Å². The zero-order valence-electron chi connectivity index (χ0n) is 13.5. The van der Waals surface area contributed by atoms with Crippen molar-refractivity contribution in [2.45, 2.75) is 13.5 Å². The first-order valence-corrected chi connectivity index (χ1v) is 7.97. The molecule has 0 aliphatic carbocycles. The molecule has 0 atom stereocenters. The fraction of sp³-hybridized carbons (Fsp3) is 0.278. The van der Waals surface area contributed by atoms with Crippen LogP contribution >= 0.6 is 11.6 Å². The molecule has 0 saturated carbocycles. The maximum Gasteiger partial charge on any atom is 0.290 e. The third-order valence-electron chi connectivity index (χ3n) is 3.87. The summed E-state index contributed by atoms with van der Waals surface area (Å²) >= 11 is 6.04. The molecule has 0 bridgehead atoms. The molecular weight excluding hydrogens is 330 g/mol. The summed E-state index contributed by atoms with van der Waals surface area (Å²) in [6.07, 6.45) is 1.59. The van der Waals surface area contributed by atoms with Gasteiger partial charge in [0.05, 0.1) is 19.4 Å². The Labute approximate surface area is 144 Å². The average molecular weight is 348 g/mol. The van der Waals surface area contributed by atoms with Crippen molar-refractivity contribution in [2.75, 3.05) is 20.3 Å². The number of hydrogen-bond acceptors (Lipinski definition) is 4. The van der Waals surface area contributed by atoms with Gasteiger partial charge in [-0.3, -0.25) is 4.79 Å². The highest BCUT2D eigenvalue weighted by Crippen LogP contribution is 2.29. The van der Waals surface area contributed by atoms with Gasteiger partial charge in [-0.05, 0) is 37.3 Å². The fourth-order valence-corrected chi connectivity index (χ4v) is 2.76. The largest absolute Gasteiger partial charge is 0.467 e. The lowest BCUT2D eigenvalue weighted by Gasteiger charge is -2.20. The highest BCUT2D eigenvalue weighted by atomic mass is 35.5. The van der Waals surface area contributed by atoms with Crippen LogP contribution in [0.2, 0.25) is 5.02 Å². The second-order valence-electron chi connectivity index (χ2n) is 5.50. The van der Waals surface area contributed by atoms with Gasteiger partial charge in [0, 0.05) is 29.6 Å². The van der Waals surface area contributed by atoms with Crippen molar-refractivity contribution in [1.29, 1.82) is 0 Å². The zero-order valence-corrected chi connectivity index (χ0v) is 14.3. The summed E-state index contributed by atoms with van der Waals surface area (Å²) in [7, 11) is 1.60. The van der Waals surface area contributed by atoms with Crippen LogP contribution in [-0.4, -0.2) is 31.1 Å². The van der Waals surface area contributed by atoms with Crippen LogP contribution in [0.1, 0.15) is 21.9 Å². The van der Waals surface area contributed by atoms with Gasteiger partial charge in [0.1, 0.15) is 11.3 Å². The van der Waals surface area contributed by atoms with Gasteiger partial charge in [0.25, 0.3) is 5.91 Å². The molecule has 0 N–H and O–H groups in total.